The molecule has 1 saturated carbocycles. The molecule has 0 amide bonds. The highest BCUT2D eigenvalue weighted by molar-refractivity contribution is 4.83. The molecule has 1 aliphatic carbocycles. The van der Waals surface area contributed by atoms with E-state index in [0.717, 1.165) is 17.8 Å². The van der Waals surface area contributed by atoms with Crippen molar-refractivity contribution in [2.75, 3.05) is 0 Å². The Hall–Kier alpha value is -0.0400. The lowest BCUT2D eigenvalue weighted by Gasteiger charge is -2.36. The summed E-state index contributed by atoms with van der Waals surface area (Å²) in [5.74, 6) is 2.70. The summed E-state index contributed by atoms with van der Waals surface area (Å²) in [5.41, 5.74) is 6.30. The van der Waals surface area contributed by atoms with Crippen LogP contribution in [0.15, 0.2) is 0 Å². The van der Waals surface area contributed by atoms with Gasteiger partial charge in [0.25, 0.3) is 0 Å². The fourth-order valence-corrected chi connectivity index (χ4v) is 3.38. The first-order valence-electron chi connectivity index (χ1n) is 7.46. The van der Waals surface area contributed by atoms with Crippen LogP contribution in [0.25, 0.3) is 0 Å². The van der Waals surface area contributed by atoms with Crippen LogP contribution in [0.5, 0.6) is 0 Å². The van der Waals surface area contributed by atoms with E-state index >= 15 is 0 Å². The second-order valence-corrected chi connectivity index (χ2v) is 5.81. The molecule has 16 heavy (non-hydrogen) atoms. The lowest BCUT2D eigenvalue weighted by atomic mass is 9.73. The predicted molar refractivity (Wildman–Crippen MR) is 72.4 cm³/mol. The minimum absolute atomic E-state index is 0.494. The second-order valence-electron chi connectivity index (χ2n) is 5.81. The number of hydrogen-bond donors (Lipinski definition) is 1. The second kappa shape index (κ2) is 7.32. The van der Waals surface area contributed by atoms with Gasteiger partial charge in [-0.15, -0.1) is 0 Å². The number of hydrogen-bond acceptors (Lipinski definition) is 1. The molecule has 0 radical (unpaired) electrons. The molecule has 0 heterocycles. The van der Waals surface area contributed by atoms with E-state index < -0.39 is 0 Å². The molecule has 1 fully saturated rings. The van der Waals surface area contributed by atoms with E-state index in [9.17, 15) is 0 Å². The molecule has 0 aromatic carbocycles. The monoisotopic (exact) mass is 225 g/mol. The van der Waals surface area contributed by atoms with Gasteiger partial charge in [-0.05, 0) is 43.4 Å². The van der Waals surface area contributed by atoms with Crippen LogP contribution < -0.4 is 5.73 Å². The van der Waals surface area contributed by atoms with E-state index in [2.05, 4.69) is 20.8 Å². The van der Waals surface area contributed by atoms with Gasteiger partial charge in [0.15, 0.2) is 0 Å². The molecule has 3 atom stereocenters. The van der Waals surface area contributed by atoms with Gasteiger partial charge in [0, 0.05) is 6.04 Å². The molecule has 1 rings (SSSR count). The Bertz CT molecular complexity index is 174. The lowest BCUT2D eigenvalue weighted by molar-refractivity contribution is 0.187. The largest absolute Gasteiger partial charge is 0.327 e. The van der Waals surface area contributed by atoms with Gasteiger partial charge in [0.1, 0.15) is 0 Å². The molecule has 0 saturated heterocycles. The van der Waals surface area contributed by atoms with Crippen LogP contribution in [-0.4, -0.2) is 6.04 Å². The van der Waals surface area contributed by atoms with Crippen molar-refractivity contribution in [3.63, 3.8) is 0 Å². The van der Waals surface area contributed by atoms with Crippen LogP contribution in [0.3, 0.4) is 0 Å². The maximum Gasteiger partial charge on any atom is 0.00674 e. The molecule has 3 unspecified atom stereocenters. The summed E-state index contributed by atoms with van der Waals surface area (Å²) in [6, 6.07) is 0.494. The van der Waals surface area contributed by atoms with Gasteiger partial charge in [-0.2, -0.15) is 0 Å². The minimum atomic E-state index is 0.494. The summed E-state index contributed by atoms with van der Waals surface area (Å²) in [4.78, 5) is 0. The van der Waals surface area contributed by atoms with E-state index in [-0.39, 0.29) is 0 Å². The maximum atomic E-state index is 6.30. The van der Waals surface area contributed by atoms with Crippen molar-refractivity contribution in [3.8, 4) is 0 Å². The Morgan fingerprint density at radius 1 is 1.12 bits per heavy atom. The van der Waals surface area contributed by atoms with Crippen molar-refractivity contribution >= 4 is 0 Å². The quantitative estimate of drug-likeness (QED) is 0.714. The maximum absolute atomic E-state index is 6.30. The molecular formula is C15H31N. The number of nitrogens with two attached hydrogens (primary N) is 1. The molecule has 1 aliphatic rings. The summed E-state index contributed by atoms with van der Waals surface area (Å²) in [6.45, 7) is 6.96. The van der Waals surface area contributed by atoms with E-state index in [0.29, 0.717) is 6.04 Å². The Kier molecular flexibility index (Phi) is 6.41. The van der Waals surface area contributed by atoms with Crippen LogP contribution in [0.1, 0.15) is 72.1 Å². The Morgan fingerprint density at radius 2 is 1.81 bits per heavy atom. The van der Waals surface area contributed by atoms with Crippen molar-refractivity contribution in [2.45, 2.75) is 78.2 Å². The molecule has 1 heteroatoms. The summed E-state index contributed by atoms with van der Waals surface area (Å²) in [5, 5.41) is 0. The molecule has 0 aliphatic heterocycles. The van der Waals surface area contributed by atoms with Crippen molar-refractivity contribution < 1.29 is 0 Å². The zero-order valence-electron chi connectivity index (χ0n) is 11.5. The third-order valence-corrected chi connectivity index (χ3v) is 4.64. The Morgan fingerprint density at radius 3 is 2.38 bits per heavy atom. The van der Waals surface area contributed by atoms with E-state index in [1.54, 1.807) is 0 Å². The highest BCUT2D eigenvalue weighted by Crippen LogP contribution is 2.35. The van der Waals surface area contributed by atoms with Crippen LogP contribution in [0.4, 0.5) is 0 Å². The van der Waals surface area contributed by atoms with Crippen LogP contribution >= 0.6 is 0 Å². The molecule has 2 N–H and O–H groups in total. The van der Waals surface area contributed by atoms with Gasteiger partial charge in [0.2, 0.25) is 0 Å². The topological polar surface area (TPSA) is 26.0 Å². The smallest absolute Gasteiger partial charge is 0.00674 e. The summed E-state index contributed by atoms with van der Waals surface area (Å²) >= 11 is 0. The first-order valence-corrected chi connectivity index (χ1v) is 7.46. The zero-order chi connectivity index (χ0) is 12.0. The predicted octanol–water partition coefficient (Wildman–Crippen LogP) is 4.36. The summed E-state index contributed by atoms with van der Waals surface area (Å²) < 4.78 is 0. The van der Waals surface area contributed by atoms with Gasteiger partial charge in [-0.25, -0.2) is 0 Å². The molecule has 0 spiro atoms. The van der Waals surface area contributed by atoms with E-state index in [4.69, 9.17) is 5.73 Å². The first kappa shape index (κ1) is 14.0. The van der Waals surface area contributed by atoms with Crippen molar-refractivity contribution in [1.82, 2.24) is 0 Å². The summed E-state index contributed by atoms with van der Waals surface area (Å²) in [6.07, 6.45) is 10.9. The van der Waals surface area contributed by atoms with Gasteiger partial charge >= 0.3 is 0 Å². The van der Waals surface area contributed by atoms with E-state index in [1.807, 2.05) is 0 Å². The van der Waals surface area contributed by atoms with Crippen molar-refractivity contribution in [3.05, 3.63) is 0 Å². The van der Waals surface area contributed by atoms with Crippen LogP contribution in [0, 0.1) is 17.8 Å². The standard InChI is InChI=1S/C15H31N/c1-4-7-13-8-9-15(16)14(11-13)10-12(5-2)6-3/h12-15H,4-11,16H2,1-3H3. The van der Waals surface area contributed by atoms with E-state index in [1.165, 1.54) is 51.4 Å². The molecule has 1 nitrogen and oxygen atoms in total. The normalized spacial score (nSPS) is 30.9. The highest BCUT2D eigenvalue weighted by Gasteiger charge is 2.28. The van der Waals surface area contributed by atoms with Crippen LogP contribution in [0.2, 0.25) is 0 Å². The zero-order valence-corrected chi connectivity index (χ0v) is 11.5. The fourth-order valence-electron chi connectivity index (χ4n) is 3.38. The number of rotatable bonds is 6. The third-order valence-electron chi connectivity index (χ3n) is 4.64. The van der Waals surface area contributed by atoms with Gasteiger partial charge in [-0.1, -0.05) is 46.5 Å². The average Bonchev–Trinajstić information content (AvgIpc) is 2.30. The fraction of sp³-hybridized carbons (Fsp3) is 1.00. The summed E-state index contributed by atoms with van der Waals surface area (Å²) in [7, 11) is 0. The third kappa shape index (κ3) is 4.08. The minimum Gasteiger partial charge on any atom is -0.327 e. The van der Waals surface area contributed by atoms with Gasteiger partial charge < -0.3 is 5.73 Å². The SMILES string of the molecule is CCCC1CCC(N)C(CC(CC)CC)C1. The molecular weight excluding hydrogens is 194 g/mol. The van der Waals surface area contributed by atoms with Crippen molar-refractivity contribution in [2.24, 2.45) is 23.5 Å². The molecule has 0 aromatic heterocycles. The Balaban J connectivity index is 2.42. The van der Waals surface area contributed by atoms with Crippen LogP contribution in [-0.2, 0) is 0 Å². The Labute approximate surface area is 102 Å². The average molecular weight is 225 g/mol. The van der Waals surface area contributed by atoms with Crippen molar-refractivity contribution in [1.29, 1.82) is 0 Å². The lowest BCUT2D eigenvalue weighted by Crippen LogP contribution is -2.37. The first-order chi connectivity index (χ1) is 7.71. The molecule has 0 aromatic rings. The molecule has 96 valence electrons. The van der Waals surface area contributed by atoms with Gasteiger partial charge in [-0.3, -0.25) is 0 Å². The molecule has 0 bridgehead atoms. The van der Waals surface area contributed by atoms with Gasteiger partial charge in [0.05, 0.1) is 0 Å². The highest BCUT2D eigenvalue weighted by atomic mass is 14.7.